The van der Waals surface area contributed by atoms with Crippen LogP contribution in [0, 0.1) is 0 Å². The minimum absolute atomic E-state index is 0.00699. The summed E-state index contributed by atoms with van der Waals surface area (Å²) in [5.74, 6) is 1.49. The van der Waals surface area contributed by atoms with Gasteiger partial charge in [-0.15, -0.1) is 0 Å². The van der Waals surface area contributed by atoms with Crippen molar-refractivity contribution in [3.05, 3.63) is 39.8 Å². The van der Waals surface area contributed by atoms with Crippen molar-refractivity contribution >= 4 is 102 Å². The summed E-state index contributed by atoms with van der Waals surface area (Å²) in [6, 6.07) is 4.45. The Morgan fingerprint density at radius 3 is 0.974 bits per heavy atom. The third-order valence-electron chi connectivity index (χ3n) is 20.0. The van der Waals surface area contributed by atoms with Gasteiger partial charge < -0.3 is 58.9 Å². The first-order valence-corrected chi connectivity index (χ1v) is 46.8. The fraction of sp³-hybridized carbons (Fsp3) is 0.824. The molecule has 426 valence electrons. The monoisotopic (exact) mass is 1330 g/mol. The van der Waals surface area contributed by atoms with Crippen LogP contribution in [0.25, 0.3) is 0 Å². The lowest BCUT2D eigenvalue weighted by Crippen LogP contribution is -2.90. The van der Waals surface area contributed by atoms with E-state index in [9.17, 15) is 0 Å². The molecule has 6 aliphatic heterocycles. The molecule has 13 aliphatic rings. The van der Waals surface area contributed by atoms with Crippen LogP contribution in [0.2, 0.25) is 44.8 Å². The second kappa shape index (κ2) is 21.9. The highest BCUT2D eigenvalue weighted by Gasteiger charge is 2.88. The molecular weight excluding hydrogens is 1250 g/mol. The Morgan fingerprint density at radius 2 is 0.701 bits per heavy atom. The van der Waals surface area contributed by atoms with E-state index in [-0.39, 0.29) is 38.8 Å². The number of hydrogen-bond acceptors (Lipinski definition) is 14. The molecule has 1 aromatic heterocycles. The van der Waals surface area contributed by atoms with Crippen molar-refractivity contribution in [1.29, 1.82) is 0 Å². The normalized spacial score (nSPS) is 40.5. The largest absolute Gasteiger partial charge is 0.492 e. The summed E-state index contributed by atoms with van der Waals surface area (Å²) in [6.07, 6.45) is 36.2. The first-order chi connectivity index (χ1) is 37.5. The quantitative estimate of drug-likeness (QED) is 0.0843. The molecule has 7 saturated carbocycles. The summed E-state index contributed by atoms with van der Waals surface area (Å²) >= 11 is 7.68. The number of hydrogen-bond donors (Lipinski definition) is 0. The van der Waals surface area contributed by atoms with Gasteiger partial charge >= 0.3 is 70.4 Å². The molecule has 2 aromatic rings. The zero-order valence-electron chi connectivity index (χ0n) is 45.3. The van der Waals surface area contributed by atoms with E-state index in [1.807, 2.05) is 19.2 Å². The second-order valence-electron chi connectivity index (χ2n) is 25.2. The number of nitrogens with zero attached hydrogens (tertiary/aromatic N) is 2. The Balaban J connectivity index is 0.903. The van der Waals surface area contributed by atoms with E-state index in [1.54, 1.807) is 0 Å². The number of halogens is 2. The number of imidazole rings is 1. The van der Waals surface area contributed by atoms with Gasteiger partial charge in [-0.25, -0.2) is 9.13 Å². The van der Waals surface area contributed by atoms with Crippen molar-refractivity contribution in [2.24, 2.45) is 7.05 Å². The summed E-state index contributed by atoms with van der Waals surface area (Å²) in [4.78, 5) is 0. The topological polar surface area (TPSA) is 138 Å². The lowest BCUT2D eigenvalue weighted by atomic mass is 10.3. The Labute approximate surface area is 482 Å². The van der Waals surface area contributed by atoms with Crippen molar-refractivity contribution in [1.82, 2.24) is 4.57 Å². The molecule has 13 fully saturated rings. The van der Waals surface area contributed by atoms with Crippen LogP contribution < -0.4 is 14.0 Å². The molecule has 26 heteroatoms. The van der Waals surface area contributed by atoms with Gasteiger partial charge in [0.05, 0.1) is 35.8 Å². The summed E-state index contributed by atoms with van der Waals surface area (Å²) in [5, 5.41) is 0. The van der Waals surface area contributed by atoms with E-state index in [1.165, 1.54) is 0 Å². The van der Waals surface area contributed by atoms with Crippen molar-refractivity contribution in [2.75, 3.05) is 13.2 Å². The Bertz CT molecular complexity index is 2260. The molecule has 0 N–H and O–H groups in total. The van der Waals surface area contributed by atoms with Crippen LogP contribution >= 0.6 is 31.9 Å². The van der Waals surface area contributed by atoms with Crippen LogP contribution in [0.15, 0.2) is 39.8 Å². The van der Waals surface area contributed by atoms with E-state index in [4.69, 9.17) is 58.9 Å². The lowest BCUT2D eigenvalue weighted by Gasteiger charge is -2.66. The number of rotatable bonds is 17. The summed E-state index contributed by atoms with van der Waals surface area (Å²) < 4.78 is 121. The first-order valence-electron chi connectivity index (χ1n) is 30.6. The molecule has 7 aliphatic carbocycles. The average molecular weight is 1330 g/mol. The van der Waals surface area contributed by atoms with Crippen LogP contribution in [-0.4, -0.2) is 88.2 Å². The highest BCUT2D eigenvalue weighted by molar-refractivity contribution is 9.11. The van der Waals surface area contributed by atoms with E-state index in [0.717, 1.165) is 213 Å². The molecule has 0 radical (unpaired) electrons. The van der Waals surface area contributed by atoms with E-state index in [2.05, 4.69) is 59.7 Å². The SMILES string of the molecule is C[n+]1ccn(CCCOc2cc(Br)c(OCCC[Si]34O[Si]5(C6CCCC6)O[Si]6(C7CCCC7)O[Si](C7CCCC7)(O3)O[Si]3(C7CCCC7)O[Si](C7CCCC7)(O4)O[Si](C4CCCC4)(O5)O[Si](C4CCCC4)(O6)O3)cc2Br)c1. The Morgan fingerprint density at radius 1 is 0.429 bits per heavy atom. The summed E-state index contributed by atoms with van der Waals surface area (Å²) in [5.41, 5.74) is 0.0949. The van der Waals surface area contributed by atoms with Crippen LogP contribution in [0.1, 0.15) is 193 Å². The number of aryl methyl sites for hydroxylation is 2. The number of benzene rings is 1. The Hall–Kier alpha value is 0.245. The fourth-order valence-corrected chi connectivity index (χ4v) is 73.0. The molecule has 1 aromatic carbocycles. The minimum atomic E-state index is -4.13. The van der Waals surface area contributed by atoms with Gasteiger partial charge in [0.1, 0.15) is 23.9 Å². The third-order valence-corrected chi connectivity index (χ3v) is 60.8. The molecule has 8 bridgehead atoms. The van der Waals surface area contributed by atoms with Crippen molar-refractivity contribution in [3.8, 4) is 11.5 Å². The molecule has 77 heavy (non-hydrogen) atoms. The molecular formula is C51H83Br2N2O14Si8+. The zero-order valence-corrected chi connectivity index (χ0v) is 56.5. The number of aromatic nitrogens is 2. The predicted molar refractivity (Wildman–Crippen MR) is 307 cm³/mol. The maximum Gasteiger partial charge on any atom is 0.482 e. The van der Waals surface area contributed by atoms with Crippen molar-refractivity contribution in [2.45, 2.75) is 244 Å². The highest BCUT2D eigenvalue weighted by atomic mass is 79.9. The van der Waals surface area contributed by atoms with Gasteiger partial charge in [0.25, 0.3) is 0 Å². The van der Waals surface area contributed by atoms with E-state index in [0.29, 0.717) is 25.7 Å². The predicted octanol–water partition coefficient (Wildman–Crippen LogP) is 13.5. The maximum atomic E-state index is 8.55. The van der Waals surface area contributed by atoms with Gasteiger partial charge in [-0.05, 0) is 140 Å². The molecule has 0 unspecified atom stereocenters. The number of ether oxygens (including phenoxy) is 2. The fourth-order valence-electron chi connectivity index (χ4n) is 16.1. The molecule has 0 atom stereocenters. The van der Waals surface area contributed by atoms with Gasteiger partial charge in [-0.1, -0.05) is 89.9 Å². The van der Waals surface area contributed by atoms with E-state index >= 15 is 0 Å². The minimum Gasteiger partial charge on any atom is -0.492 e. The third kappa shape index (κ3) is 10.2. The van der Waals surface area contributed by atoms with Gasteiger partial charge in [0.2, 0.25) is 6.33 Å². The molecule has 7 heterocycles. The molecule has 6 saturated heterocycles. The van der Waals surface area contributed by atoms with Gasteiger partial charge in [0, 0.05) is 51.3 Å². The van der Waals surface area contributed by atoms with Crippen molar-refractivity contribution < 1.29 is 63.4 Å². The van der Waals surface area contributed by atoms with Gasteiger partial charge in [0.15, 0.2) is 0 Å². The van der Waals surface area contributed by atoms with Gasteiger partial charge in [-0.3, -0.25) is 0 Å². The second-order valence-corrected chi connectivity index (χ2v) is 52.7. The smallest absolute Gasteiger partial charge is 0.482 e. The maximum absolute atomic E-state index is 8.55. The first kappa shape index (κ1) is 55.1. The average Bonchev–Trinajstić information content (AvgIpc) is 3.99. The van der Waals surface area contributed by atoms with Gasteiger partial charge in [-0.2, -0.15) is 0 Å². The molecule has 15 rings (SSSR count). The van der Waals surface area contributed by atoms with Crippen molar-refractivity contribution in [3.63, 3.8) is 0 Å². The summed E-state index contributed by atoms with van der Waals surface area (Å²) in [7, 11) is -30.1. The lowest BCUT2D eigenvalue weighted by molar-refractivity contribution is -0.671. The Kier molecular flexibility index (Phi) is 15.7. The summed E-state index contributed by atoms with van der Waals surface area (Å²) in [6.45, 7) is 1.85. The molecule has 0 spiro atoms. The van der Waals surface area contributed by atoms with Crippen LogP contribution in [0.4, 0.5) is 0 Å². The zero-order chi connectivity index (χ0) is 52.0. The highest BCUT2D eigenvalue weighted by Crippen LogP contribution is 2.66. The standard InChI is InChI=1S/C51H83Br2N2O14Si8/c1-54-33-34-55(40-54)32-16-35-56-50-38-49(53)51(39-48(50)52)57-36-17-37-70-58-71(41-18-2-3-19-41)61-74(44-24-8-9-25-44)63-72(59-70,42-20-4-5-21-42)65-76(46-28-12-13-29-46)66-73(60-70,43-22-6-7-23-43)64-75(62-71,45-26-10-11-27-45)68-77(67-74,69-76)47-30-14-15-31-47/h33-34,38-47H,2-32,35-37H2,1H3/q+1. The van der Waals surface area contributed by atoms with Crippen LogP contribution in [-0.2, 0) is 63.0 Å². The molecule has 0 amide bonds. The van der Waals surface area contributed by atoms with Crippen LogP contribution in [0.3, 0.4) is 0 Å². The van der Waals surface area contributed by atoms with Crippen LogP contribution in [0.5, 0.6) is 11.5 Å². The van der Waals surface area contributed by atoms with E-state index < -0.39 is 70.4 Å². The molecule has 16 nitrogen and oxygen atoms in total.